The summed E-state index contributed by atoms with van der Waals surface area (Å²) in [6.07, 6.45) is 1.68. The molecule has 1 aromatic heterocycles. The van der Waals surface area contributed by atoms with E-state index in [1.165, 1.54) is 0 Å². The first-order valence-corrected chi connectivity index (χ1v) is 6.64. The van der Waals surface area contributed by atoms with E-state index in [9.17, 15) is 4.79 Å². The molecule has 0 N–H and O–H groups in total. The zero-order valence-electron chi connectivity index (χ0n) is 9.77. The van der Waals surface area contributed by atoms with Crippen molar-refractivity contribution in [2.24, 2.45) is 7.05 Å². The Bertz CT molecular complexity index is 431. The highest BCUT2D eigenvalue weighted by atomic mass is 79.9. The summed E-state index contributed by atoms with van der Waals surface area (Å²) in [4.78, 5) is 17.2. The molecule has 0 saturated carbocycles. The smallest absolute Gasteiger partial charge is 0.200 e. The fourth-order valence-electron chi connectivity index (χ4n) is 2.71. The van der Waals surface area contributed by atoms with Crippen LogP contribution in [0.1, 0.15) is 10.5 Å². The lowest BCUT2D eigenvalue weighted by Crippen LogP contribution is -2.63. The monoisotopic (exact) mass is 298 g/mol. The predicted molar refractivity (Wildman–Crippen MR) is 67.0 cm³/mol. The van der Waals surface area contributed by atoms with Gasteiger partial charge in [0, 0.05) is 39.8 Å². The summed E-state index contributed by atoms with van der Waals surface area (Å²) in [5.74, 6) is 0.182. The summed E-state index contributed by atoms with van der Waals surface area (Å²) < 4.78 is 2.45. The van der Waals surface area contributed by atoms with Crippen molar-refractivity contribution in [3.8, 4) is 0 Å². The minimum absolute atomic E-state index is 0.00389. The molecule has 0 amide bonds. The molecule has 1 aromatic rings. The molecule has 17 heavy (non-hydrogen) atoms. The van der Waals surface area contributed by atoms with Gasteiger partial charge in [0.05, 0.1) is 16.7 Å². The number of Topliss-reactive ketones (excluding diaryl/α,β-unsaturated/α-hetero) is 1. The van der Waals surface area contributed by atoms with Crippen LogP contribution in [0.25, 0.3) is 0 Å². The predicted octanol–water partition coefficient (Wildman–Crippen LogP) is 0.365. The van der Waals surface area contributed by atoms with Crippen LogP contribution < -0.4 is 0 Å². The van der Waals surface area contributed by atoms with Gasteiger partial charge in [-0.3, -0.25) is 19.3 Å². The average molecular weight is 299 g/mol. The van der Waals surface area contributed by atoms with Crippen LogP contribution in [0, 0.1) is 0 Å². The van der Waals surface area contributed by atoms with E-state index in [-0.39, 0.29) is 11.8 Å². The average Bonchev–Trinajstić information content (AvgIpc) is 2.70. The van der Waals surface area contributed by atoms with E-state index in [0.717, 1.165) is 37.2 Å². The van der Waals surface area contributed by atoms with Crippen molar-refractivity contribution < 1.29 is 4.79 Å². The van der Waals surface area contributed by atoms with E-state index in [4.69, 9.17) is 0 Å². The van der Waals surface area contributed by atoms with E-state index in [2.05, 4.69) is 30.8 Å². The number of hydrogen-bond acceptors (Lipinski definition) is 4. The van der Waals surface area contributed by atoms with Gasteiger partial charge >= 0.3 is 0 Å². The summed E-state index contributed by atoms with van der Waals surface area (Å²) in [5.41, 5.74) is 0.684. The second kappa shape index (κ2) is 4.19. The lowest BCUT2D eigenvalue weighted by molar-refractivity contribution is 0.0154. The molecule has 1 unspecified atom stereocenters. The van der Waals surface area contributed by atoms with Crippen molar-refractivity contribution in [1.29, 1.82) is 0 Å². The number of aryl methyl sites for hydroxylation is 1. The van der Waals surface area contributed by atoms with E-state index >= 15 is 0 Å². The molecule has 3 fully saturated rings. The van der Waals surface area contributed by atoms with Crippen LogP contribution in [0.3, 0.4) is 0 Å². The molecule has 0 aromatic carbocycles. The van der Waals surface area contributed by atoms with Crippen LogP contribution in [-0.4, -0.2) is 64.1 Å². The molecule has 6 heteroatoms. The molecular weight excluding hydrogens is 284 g/mol. The summed E-state index contributed by atoms with van der Waals surface area (Å²) in [6, 6.07) is 0.00389. The van der Waals surface area contributed by atoms with Crippen LogP contribution in [0.2, 0.25) is 0 Å². The third-order valence-corrected chi connectivity index (χ3v) is 4.29. The van der Waals surface area contributed by atoms with Crippen molar-refractivity contribution in [2.75, 3.05) is 32.7 Å². The van der Waals surface area contributed by atoms with Gasteiger partial charge in [0.25, 0.3) is 0 Å². The molecule has 0 radical (unpaired) electrons. The van der Waals surface area contributed by atoms with Crippen molar-refractivity contribution in [3.05, 3.63) is 16.4 Å². The van der Waals surface area contributed by atoms with Crippen LogP contribution in [0.4, 0.5) is 0 Å². The fraction of sp³-hybridized carbons (Fsp3) is 0.636. The van der Waals surface area contributed by atoms with Gasteiger partial charge in [-0.15, -0.1) is 0 Å². The number of rotatable bonds is 2. The maximum atomic E-state index is 12.5. The largest absolute Gasteiger partial charge is 0.299 e. The Hall–Kier alpha value is -0.720. The van der Waals surface area contributed by atoms with Gasteiger partial charge < -0.3 is 0 Å². The first-order valence-electron chi connectivity index (χ1n) is 5.85. The zero-order chi connectivity index (χ0) is 12.0. The summed E-state index contributed by atoms with van der Waals surface area (Å²) in [5, 5.41) is 4.11. The van der Waals surface area contributed by atoms with E-state index in [1.807, 2.05) is 7.05 Å². The molecule has 4 rings (SSSR count). The van der Waals surface area contributed by atoms with Gasteiger partial charge in [0.15, 0.2) is 5.78 Å². The van der Waals surface area contributed by atoms with Gasteiger partial charge in [-0.05, 0) is 15.9 Å². The summed E-state index contributed by atoms with van der Waals surface area (Å²) in [6.45, 7) is 5.06. The number of hydrogen-bond donors (Lipinski definition) is 0. The number of halogens is 1. The van der Waals surface area contributed by atoms with Gasteiger partial charge in [-0.2, -0.15) is 5.10 Å². The van der Waals surface area contributed by atoms with Crippen LogP contribution >= 0.6 is 15.9 Å². The lowest BCUT2D eigenvalue weighted by Gasteiger charge is -2.46. The summed E-state index contributed by atoms with van der Waals surface area (Å²) >= 11 is 3.40. The highest BCUT2D eigenvalue weighted by molar-refractivity contribution is 9.10. The third-order valence-electron chi connectivity index (χ3n) is 3.71. The number of aromatic nitrogens is 2. The number of carbonyl (C=O) groups excluding carboxylic acids is 1. The Morgan fingerprint density at radius 1 is 1.41 bits per heavy atom. The molecule has 0 aliphatic carbocycles. The zero-order valence-corrected chi connectivity index (χ0v) is 11.4. The lowest BCUT2D eigenvalue weighted by atomic mass is 10.0. The number of carbonyl (C=O) groups is 1. The Kier molecular flexibility index (Phi) is 2.80. The molecule has 92 valence electrons. The van der Waals surface area contributed by atoms with Crippen molar-refractivity contribution in [2.45, 2.75) is 6.04 Å². The second-order valence-corrected chi connectivity index (χ2v) is 5.54. The Balaban J connectivity index is 1.88. The van der Waals surface area contributed by atoms with Crippen molar-refractivity contribution in [1.82, 2.24) is 19.6 Å². The van der Waals surface area contributed by atoms with E-state index in [0.29, 0.717) is 5.69 Å². The number of nitrogens with zero attached hydrogens (tertiary/aromatic N) is 4. The van der Waals surface area contributed by atoms with Gasteiger partial charge in [-0.1, -0.05) is 0 Å². The molecule has 3 saturated heterocycles. The van der Waals surface area contributed by atoms with Crippen molar-refractivity contribution >= 4 is 21.7 Å². The first-order chi connectivity index (χ1) is 8.16. The van der Waals surface area contributed by atoms with E-state index < -0.39 is 0 Å². The highest BCUT2D eigenvalue weighted by Crippen LogP contribution is 2.23. The van der Waals surface area contributed by atoms with Crippen LogP contribution in [0.15, 0.2) is 10.7 Å². The highest BCUT2D eigenvalue weighted by Gasteiger charge is 2.38. The van der Waals surface area contributed by atoms with Crippen LogP contribution in [0.5, 0.6) is 0 Å². The molecule has 4 heterocycles. The summed E-state index contributed by atoms with van der Waals surface area (Å²) in [7, 11) is 1.81. The normalized spacial score (nSPS) is 31.8. The molecule has 0 spiro atoms. The van der Waals surface area contributed by atoms with Gasteiger partial charge in [0.1, 0.15) is 5.69 Å². The van der Waals surface area contributed by atoms with E-state index in [1.54, 1.807) is 10.9 Å². The number of fused-ring (bicyclic) bond motifs is 3. The Labute approximate surface area is 108 Å². The quantitative estimate of drug-likeness (QED) is 0.740. The minimum Gasteiger partial charge on any atom is -0.299 e. The standard InChI is InChI=1S/C11H15BrN4O/c1-14-10(8(12)6-13-14)11(17)9-7-15-2-4-16(9)5-3-15/h6,9H,2-5,7H2,1H3. The van der Waals surface area contributed by atoms with Gasteiger partial charge in [-0.25, -0.2) is 0 Å². The second-order valence-electron chi connectivity index (χ2n) is 4.68. The van der Waals surface area contributed by atoms with Gasteiger partial charge in [0.2, 0.25) is 0 Å². The topological polar surface area (TPSA) is 41.4 Å². The molecule has 1 atom stereocenters. The Morgan fingerprint density at radius 3 is 2.59 bits per heavy atom. The fourth-order valence-corrected chi connectivity index (χ4v) is 3.26. The molecule has 2 bridgehead atoms. The minimum atomic E-state index is 0.00389. The van der Waals surface area contributed by atoms with Crippen LogP contribution in [-0.2, 0) is 7.05 Å². The molecular formula is C11H15BrN4O. The maximum Gasteiger partial charge on any atom is 0.200 e. The molecule has 3 aliphatic heterocycles. The van der Waals surface area contributed by atoms with Crippen molar-refractivity contribution in [3.63, 3.8) is 0 Å². The first kappa shape index (κ1) is 11.4. The number of ketones is 1. The molecule has 3 aliphatic rings. The SMILES string of the molecule is Cn1ncc(Br)c1C(=O)C1CN2CCN1CC2. The number of piperazine rings is 3. The third kappa shape index (κ3) is 1.84. The Morgan fingerprint density at radius 2 is 2.12 bits per heavy atom. The molecule has 5 nitrogen and oxygen atoms in total. The maximum absolute atomic E-state index is 12.5.